The minimum atomic E-state index is -0.235. The van der Waals surface area contributed by atoms with Gasteiger partial charge in [0.05, 0.1) is 19.3 Å². The number of primary amides is 1. The first kappa shape index (κ1) is 19.0. The van der Waals surface area contributed by atoms with Crippen molar-refractivity contribution in [3.63, 3.8) is 0 Å². The molecule has 0 spiro atoms. The lowest BCUT2D eigenvalue weighted by Crippen LogP contribution is -2.47. The number of hydrogen-bond acceptors (Lipinski definition) is 4. The number of aliphatic imine (C=N–C) groups is 1. The van der Waals surface area contributed by atoms with Gasteiger partial charge in [-0.3, -0.25) is 14.8 Å². The van der Waals surface area contributed by atoms with E-state index >= 15 is 0 Å². The van der Waals surface area contributed by atoms with Crippen LogP contribution in [0.15, 0.2) is 11.2 Å². The van der Waals surface area contributed by atoms with E-state index in [0.29, 0.717) is 18.9 Å². The molecule has 1 unspecified atom stereocenters. The van der Waals surface area contributed by atoms with Crippen LogP contribution in [0.4, 0.5) is 0 Å². The normalized spacial score (nSPS) is 18.2. The predicted molar refractivity (Wildman–Crippen MR) is 98.6 cm³/mol. The third-order valence-electron chi connectivity index (χ3n) is 4.68. The smallest absolute Gasteiger partial charge is 0.217 e. The molecule has 1 aromatic rings. The van der Waals surface area contributed by atoms with Crippen LogP contribution in [0.25, 0.3) is 0 Å². The number of amides is 1. The number of ether oxygens (including phenoxy) is 1. The van der Waals surface area contributed by atoms with E-state index in [1.54, 1.807) is 14.2 Å². The van der Waals surface area contributed by atoms with Crippen LogP contribution in [0.3, 0.4) is 0 Å². The fourth-order valence-corrected chi connectivity index (χ4v) is 3.45. The van der Waals surface area contributed by atoms with Gasteiger partial charge in [0.2, 0.25) is 5.91 Å². The fraction of sp³-hybridized carbons (Fsp3) is 0.611. The number of pyridine rings is 1. The van der Waals surface area contributed by atoms with Gasteiger partial charge in [-0.05, 0) is 32.6 Å². The van der Waals surface area contributed by atoms with Crippen LogP contribution >= 0.6 is 0 Å². The summed E-state index contributed by atoms with van der Waals surface area (Å²) in [5.41, 5.74) is 8.35. The van der Waals surface area contributed by atoms with E-state index in [4.69, 9.17) is 10.5 Å². The van der Waals surface area contributed by atoms with Gasteiger partial charge < -0.3 is 20.7 Å². The average Bonchev–Trinajstić information content (AvgIpc) is 2.57. The number of hydrogen-bond donors (Lipinski definition) is 2. The van der Waals surface area contributed by atoms with E-state index in [1.807, 2.05) is 20.0 Å². The van der Waals surface area contributed by atoms with Gasteiger partial charge in [0.1, 0.15) is 5.75 Å². The Bertz CT molecular complexity index is 645. The molecule has 7 nitrogen and oxygen atoms in total. The summed E-state index contributed by atoms with van der Waals surface area (Å²) in [6, 6.07) is 0. The third-order valence-corrected chi connectivity index (χ3v) is 4.68. The van der Waals surface area contributed by atoms with E-state index in [1.165, 1.54) is 0 Å². The van der Waals surface area contributed by atoms with Crippen LogP contribution in [-0.4, -0.2) is 49.0 Å². The Morgan fingerprint density at radius 2 is 2.28 bits per heavy atom. The van der Waals surface area contributed by atoms with Crippen molar-refractivity contribution in [2.45, 2.75) is 39.7 Å². The standard InChI is InChI=1S/C18H29N5O2/c1-12-9-21-15(13(2)17(12)25-4)10-22-18(20-3)23-7-5-6-14(11-23)8-16(19)24/h9,14H,5-8,10-11H2,1-4H3,(H2,19,24)(H,20,22). The maximum absolute atomic E-state index is 11.2. The van der Waals surface area contributed by atoms with E-state index < -0.39 is 0 Å². The Hall–Kier alpha value is -2.31. The molecule has 1 aliphatic heterocycles. The lowest BCUT2D eigenvalue weighted by atomic mass is 9.95. The van der Waals surface area contributed by atoms with Crippen LogP contribution in [0.2, 0.25) is 0 Å². The van der Waals surface area contributed by atoms with Crippen LogP contribution in [-0.2, 0) is 11.3 Å². The molecule has 1 amide bonds. The van der Waals surface area contributed by atoms with Crippen LogP contribution in [0.5, 0.6) is 5.75 Å². The average molecular weight is 347 g/mol. The maximum atomic E-state index is 11.2. The largest absolute Gasteiger partial charge is 0.496 e. The number of nitrogens with zero attached hydrogens (tertiary/aromatic N) is 3. The van der Waals surface area contributed by atoms with Gasteiger partial charge in [0.15, 0.2) is 5.96 Å². The second-order valence-electron chi connectivity index (χ2n) is 6.57. The molecule has 0 saturated carbocycles. The second-order valence-corrected chi connectivity index (χ2v) is 6.57. The minimum absolute atomic E-state index is 0.235. The Kier molecular flexibility index (Phi) is 6.61. The highest BCUT2D eigenvalue weighted by atomic mass is 16.5. The zero-order valence-corrected chi connectivity index (χ0v) is 15.6. The summed E-state index contributed by atoms with van der Waals surface area (Å²) in [5.74, 6) is 1.77. The second kappa shape index (κ2) is 8.69. The number of piperidine rings is 1. The quantitative estimate of drug-likeness (QED) is 0.620. The Morgan fingerprint density at radius 1 is 1.52 bits per heavy atom. The molecule has 0 bridgehead atoms. The van der Waals surface area contributed by atoms with Crippen molar-refractivity contribution in [1.29, 1.82) is 0 Å². The number of aromatic nitrogens is 1. The van der Waals surface area contributed by atoms with Crippen molar-refractivity contribution in [2.24, 2.45) is 16.6 Å². The molecule has 0 aromatic carbocycles. The maximum Gasteiger partial charge on any atom is 0.217 e. The first-order chi connectivity index (χ1) is 12.0. The summed E-state index contributed by atoms with van der Waals surface area (Å²) >= 11 is 0. The topological polar surface area (TPSA) is 92.8 Å². The summed E-state index contributed by atoms with van der Waals surface area (Å²) in [5, 5.41) is 3.38. The van der Waals surface area contributed by atoms with Crippen molar-refractivity contribution < 1.29 is 9.53 Å². The lowest BCUT2D eigenvalue weighted by molar-refractivity contribution is -0.119. The number of rotatable bonds is 5. The molecule has 25 heavy (non-hydrogen) atoms. The predicted octanol–water partition coefficient (Wildman–Crippen LogP) is 1.37. The molecular formula is C18H29N5O2. The fourth-order valence-electron chi connectivity index (χ4n) is 3.45. The van der Waals surface area contributed by atoms with Crippen molar-refractivity contribution in [3.05, 3.63) is 23.0 Å². The monoisotopic (exact) mass is 347 g/mol. The Morgan fingerprint density at radius 3 is 2.92 bits per heavy atom. The summed E-state index contributed by atoms with van der Waals surface area (Å²) in [6.45, 7) is 6.31. The van der Waals surface area contributed by atoms with Gasteiger partial charge in [-0.2, -0.15) is 0 Å². The van der Waals surface area contributed by atoms with E-state index in [-0.39, 0.29) is 5.91 Å². The molecule has 1 aliphatic rings. The molecule has 138 valence electrons. The van der Waals surface area contributed by atoms with Gasteiger partial charge in [-0.25, -0.2) is 0 Å². The number of guanidine groups is 1. The Labute approximate surface area is 149 Å². The first-order valence-electron chi connectivity index (χ1n) is 8.69. The summed E-state index contributed by atoms with van der Waals surface area (Å²) in [6.07, 6.45) is 4.33. The molecule has 0 radical (unpaired) electrons. The van der Waals surface area contributed by atoms with Gasteiger partial charge in [0, 0.05) is 43.9 Å². The molecule has 1 fully saturated rings. The minimum Gasteiger partial charge on any atom is -0.496 e. The molecule has 2 heterocycles. The van der Waals surface area contributed by atoms with Gasteiger partial charge in [-0.1, -0.05) is 0 Å². The van der Waals surface area contributed by atoms with E-state index in [9.17, 15) is 4.79 Å². The van der Waals surface area contributed by atoms with Crippen molar-refractivity contribution in [3.8, 4) is 5.75 Å². The molecule has 1 atom stereocenters. The summed E-state index contributed by atoms with van der Waals surface area (Å²) in [7, 11) is 3.45. The zero-order chi connectivity index (χ0) is 18.4. The molecule has 0 aliphatic carbocycles. The molecule has 7 heteroatoms. The summed E-state index contributed by atoms with van der Waals surface area (Å²) < 4.78 is 5.46. The zero-order valence-electron chi connectivity index (χ0n) is 15.6. The van der Waals surface area contributed by atoms with Crippen LogP contribution < -0.4 is 15.8 Å². The first-order valence-corrected chi connectivity index (χ1v) is 8.69. The number of methoxy groups -OCH3 is 1. The highest BCUT2D eigenvalue weighted by Crippen LogP contribution is 2.24. The highest BCUT2D eigenvalue weighted by Gasteiger charge is 2.23. The molecule has 2 rings (SSSR count). The van der Waals surface area contributed by atoms with Crippen molar-refractivity contribution in [2.75, 3.05) is 27.2 Å². The van der Waals surface area contributed by atoms with Gasteiger partial charge in [-0.15, -0.1) is 0 Å². The van der Waals surface area contributed by atoms with Crippen LogP contribution in [0, 0.1) is 19.8 Å². The highest BCUT2D eigenvalue weighted by molar-refractivity contribution is 5.80. The number of likely N-dealkylation sites (tertiary alicyclic amines) is 1. The Balaban J connectivity index is 2.02. The van der Waals surface area contributed by atoms with Crippen LogP contribution in [0.1, 0.15) is 36.1 Å². The molecular weight excluding hydrogens is 318 g/mol. The number of carbonyl (C=O) groups excluding carboxylic acids is 1. The van der Waals surface area contributed by atoms with Gasteiger partial charge in [0.25, 0.3) is 0 Å². The van der Waals surface area contributed by atoms with Crippen molar-refractivity contribution in [1.82, 2.24) is 15.2 Å². The van der Waals surface area contributed by atoms with Gasteiger partial charge >= 0.3 is 0 Å². The molecule has 3 N–H and O–H groups in total. The van der Waals surface area contributed by atoms with E-state index in [2.05, 4.69) is 20.2 Å². The van der Waals surface area contributed by atoms with E-state index in [0.717, 1.165) is 54.5 Å². The lowest BCUT2D eigenvalue weighted by Gasteiger charge is -2.34. The number of aryl methyl sites for hydroxylation is 1. The summed E-state index contributed by atoms with van der Waals surface area (Å²) in [4.78, 5) is 22.3. The van der Waals surface area contributed by atoms with Crippen molar-refractivity contribution >= 4 is 11.9 Å². The number of carbonyl (C=O) groups is 1. The third kappa shape index (κ3) is 4.84. The molecule has 1 aromatic heterocycles. The number of nitrogens with one attached hydrogen (secondary N) is 1. The SMILES string of the molecule is CN=C(NCc1ncc(C)c(OC)c1C)N1CCCC(CC(N)=O)C1. The molecule has 1 saturated heterocycles. The number of nitrogens with two attached hydrogens (primary N) is 1.